The molecule has 1 aliphatic carbocycles. The van der Waals surface area contributed by atoms with Crippen LogP contribution in [0.15, 0.2) is 18.2 Å². The molecule has 0 unspecified atom stereocenters. The third-order valence-electron chi connectivity index (χ3n) is 11.1. The first kappa shape index (κ1) is 33.6. The summed E-state index contributed by atoms with van der Waals surface area (Å²) in [7, 11) is -2.23. The average Bonchev–Trinajstić information content (AvgIpc) is 3.29. The zero-order valence-electron chi connectivity index (χ0n) is 28.2. The van der Waals surface area contributed by atoms with Crippen molar-refractivity contribution >= 4 is 8.32 Å². The predicted molar refractivity (Wildman–Crippen MR) is 171 cm³/mol. The Labute approximate surface area is 272 Å². The lowest BCUT2D eigenvalue weighted by Crippen LogP contribution is -2.45. The number of benzene rings is 1. The Balaban J connectivity index is 1.63. The molecule has 3 aliphatic heterocycles. The fraction of sp³-hybridized carbons (Fsp3) is 0.667. The molecule has 2 saturated heterocycles. The Morgan fingerprint density at radius 1 is 1.00 bits per heavy atom. The van der Waals surface area contributed by atoms with E-state index >= 15 is 0 Å². The number of aromatic nitrogens is 1. The second-order valence-corrected chi connectivity index (χ2v) is 20.7. The number of hydrogen-bond acceptors (Lipinski definition) is 6. The van der Waals surface area contributed by atoms with Crippen LogP contribution in [0.1, 0.15) is 130 Å². The van der Waals surface area contributed by atoms with Crippen molar-refractivity contribution in [3.63, 3.8) is 0 Å². The smallest absolute Gasteiger partial charge is 0.410 e. The molecule has 2 aromatic rings. The summed E-state index contributed by atoms with van der Waals surface area (Å²) in [6.45, 7) is 18.2. The standard InChI is InChI=1S/C36H47F3N2O4Si/c1-33(2,3)46(6,7)45-27-20-34(4,5)19-26-28(27)30-29(31(41-26)22-10-14-42-15-11-22)32(44-35(30)12-16-43-17-13-35)23-8-9-25(36(37,38)39)24(18-23)21-40/h8-9,18,22,27,32H,10-17,19-20H2,1-7H3/t27-,32+/m0/s1. The van der Waals surface area contributed by atoms with E-state index in [-0.39, 0.29) is 22.5 Å². The van der Waals surface area contributed by atoms with E-state index in [0.29, 0.717) is 44.8 Å². The van der Waals surface area contributed by atoms with Gasteiger partial charge in [-0.15, -0.1) is 0 Å². The van der Waals surface area contributed by atoms with Crippen molar-refractivity contribution in [2.24, 2.45) is 5.41 Å². The van der Waals surface area contributed by atoms with Gasteiger partial charge in [0.2, 0.25) is 0 Å². The van der Waals surface area contributed by atoms with Crippen LogP contribution < -0.4 is 0 Å². The van der Waals surface area contributed by atoms with Crippen LogP contribution in [0.25, 0.3) is 0 Å². The lowest BCUT2D eigenvalue weighted by atomic mass is 9.69. The first-order valence-electron chi connectivity index (χ1n) is 16.7. The van der Waals surface area contributed by atoms with E-state index in [1.165, 1.54) is 12.1 Å². The van der Waals surface area contributed by atoms with Gasteiger partial charge in [-0.25, -0.2) is 0 Å². The van der Waals surface area contributed by atoms with E-state index in [1.807, 2.05) is 0 Å². The molecule has 1 spiro atoms. The minimum Gasteiger partial charge on any atom is -0.410 e. The molecule has 0 N–H and O–H groups in total. The number of fused-ring (bicyclic) bond motifs is 4. The molecule has 4 heterocycles. The summed E-state index contributed by atoms with van der Waals surface area (Å²) in [5, 5.41) is 9.81. The molecule has 6 rings (SSSR count). The molecule has 4 aliphatic rings. The summed E-state index contributed by atoms with van der Waals surface area (Å²) in [4.78, 5) is 5.52. The van der Waals surface area contributed by atoms with Crippen LogP contribution in [-0.2, 0) is 36.8 Å². The summed E-state index contributed by atoms with van der Waals surface area (Å²) in [5.41, 5.74) is 3.69. The highest BCUT2D eigenvalue weighted by Gasteiger charge is 2.54. The van der Waals surface area contributed by atoms with Gasteiger partial charge in [0.05, 0.1) is 34.6 Å². The molecule has 1 aromatic heterocycles. The van der Waals surface area contributed by atoms with Gasteiger partial charge in [0.1, 0.15) is 6.10 Å². The SMILES string of the molecule is CC1(C)Cc2nc(C3CCOCC3)c3c(c2[C@@H](O[Si](C)(C)C(C)(C)C)C1)C1(CCOCC1)O[C@@H]3c1ccc(C(F)(F)F)c(C#N)c1. The third kappa shape index (κ3) is 5.96. The minimum absolute atomic E-state index is 0.00326. The van der Waals surface area contributed by atoms with Crippen molar-refractivity contribution in [2.75, 3.05) is 26.4 Å². The van der Waals surface area contributed by atoms with Crippen molar-refractivity contribution in [2.45, 2.75) is 121 Å². The van der Waals surface area contributed by atoms with Gasteiger partial charge in [-0.2, -0.15) is 18.4 Å². The van der Waals surface area contributed by atoms with Crippen LogP contribution in [0.4, 0.5) is 13.2 Å². The zero-order valence-corrected chi connectivity index (χ0v) is 29.2. The Kier molecular flexibility index (Phi) is 8.54. The molecule has 46 heavy (non-hydrogen) atoms. The van der Waals surface area contributed by atoms with Crippen molar-refractivity contribution in [1.29, 1.82) is 5.26 Å². The number of alkyl halides is 3. The highest BCUT2D eigenvalue weighted by Crippen LogP contribution is 2.59. The fourth-order valence-corrected chi connectivity index (χ4v) is 8.94. The molecular formula is C36H47F3N2O4Si. The minimum atomic E-state index is -4.63. The zero-order chi connectivity index (χ0) is 33.3. The van der Waals surface area contributed by atoms with Gasteiger partial charge in [-0.3, -0.25) is 4.98 Å². The lowest BCUT2D eigenvalue weighted by Gasteiger charge is -2.46. The number of halogens is 3. The largest absolute Gasteiger partial charge is 0.417 e. The van der Waals surface area contributed by atoms with E-state index in [9.17, 15) is 18.4 Å². The van der Waals surface area contributed by atoms with Crippen molar-refractivity contribution in [3.8, 4) is 6.07 Å². The van der Waals surface area contributed by atoms with E-state index in [2.05, 4.69) is 47.7 Å². The Bertz CT molecular complexity index is 1530. The number of ether oxygens (including phenoxy) is 3. The number of hydrogen-bond donors (Lipinski definition) is 0. The molecule has 2 fully saturated rings. The molecule has 6 nitrogen and oxygen atoms in total. The normalized spacial score (nSPS) is 24.8. The maximum Gasteiger partial charge on any atom is 0.417 e. The second-order valence-electron chi connectivity index (χ2n) is 16.0. The average molecular weight is 657 g/mol. The monoisotopic (exact) mass is 656 g/mol. The maximum absolute atomic E-state index is 13.9. The van der Waals surface area contributed by atoms with Gasteiger partial charge >= 0.3 is 6.18 Å². The first-order valence-corrected chi connectivity index (χ1v) is 19.6. The third-order valence-corrected chi connectivity index (χ3v) is 15.6. The van der Waals surface area contributed by atoms with E-state index in [4.69, 9.17) is 23.6 Å². The second kappa shape index (κ2) is 11.7. The topological polar surface area (TPSA) is 73.6 Å². The van der Waals surface area contributed by atoms with Crippen LogP contribution in [0.2, 0.25) is 18.1 Å². The summed E-state index contributed by atoms with van der Waals surface area (Å²) in [6, 6.07) is 5.68. The molecular weight excluding hydrogens is 609 g/mol. The highest BCUT2D eigenvalue weighted by molar-refractivity contribution is 6.74. The maximum atomic E-state index is 13.9. The first-order chi connectivity index (χ1) is 21.5. The van der Waals surface area contributed by atoms with Crippen LogP contribution in [-0.4, -0.2) is 39.7 Å². The molecule has 0 radical (unpaired) electrons. The van der Waals surface area contributed by atoms with Gasteiger partial charge in [0.25, 0.3) is 0 Å². The van der Waals surface area contributed by atoms with E-state index in [0.717, 1.165) is 59.8 Å². The Hall–Kier alpha value is -2.29. The van der Waals surface area contributed by atoms with Gasteiger partial charge < -0.3 is 18.6 Å². The van der Waals surface area contributed by atoms with Gasteiger partial charge in [0.15, 0.2) is 8.32 Å². The summed E-state index contributed by atoms with van der Waals surface area (Å²) < 4.78 is 67.7. The number of pyridine rings is 1. The Morgan fingerprint density at radius 2 is 1.65 bits per heavy atom. The van der Waals surface area contributed by atoms with Crippen molar-refractivity contribution in [1.82, 2.24) is 4.98 Å². The summed E-state index contributed by atoms with van der Waals surface area (Å²) >= 11 is 0. The highest BCUT2D eigenvalue weighted by atomic mass is 28.4. The lowest BCUT2D eigenvalue weighted by molar-refractivity contribution is -0.138. The molecule has 0 bridgehead atoms. The quantitative estimate of drug-likeness (QED) is 0.306. The van der Waals surface area contributed by atoms with Crippen LogP contribution in [0.5, 0.6) is 0 Å². The van der Waals surface area contributed by atoms with E-state index in [1.54, 1.807) is 6.07 Å². The van der Waals surface area contributed by atoms with Crippen LogP contribution in [0, 0.1) is 16.7 Å². The number of rotatable bonds is 4. The molecule has 250 valence electrons. The van der Waals surface area contributed by atoms with Crippen molar-refractivity contribution < 1.29 is 31.8 Å². The van der Waals surface area contributed by atoms with E-state index < -0.39 is 37.3 Å². The molecule has 1 aromatic carbocycles. The number of nitrogens with zero attached hydrogens (tertiary/aromatic N) is 2. The molecule has 2 atom stereocenters. The van der Waals surface area contributed by atoms with Gasteiger partial charge in [0, 0.05) is 62.0 Å². The van der Waals surface area contributed by atoms with Crippen LogP contribution in [0.3, 0.4) is 0 Å². The molecule has 0 amide bonds. The predicted octanol–water partition coefficient (Wildman–Crippen LogP) is 9.03. The van der Waals surface area contributed by atoms with Crippen LogP contribution >= 0.6 is 0 Å². The Morgan fingerprint density at radius 3 is 2.26 bits per heavy atom. The molecule has 0 saturated carbocycles. The van der Waals surface area contributed by atoms with Gasteiger partial charge in [-0.05, 0) is 72.5 Å². The van der Waals surface area contributed by atoms with Gasteiger partial charge in [-0.1, -0.05) is 40.7 Å². The molecule has 10 heteroatoms. The number of nitriles is 1. The summed E-state index contributed by atoms with van der Waals surface area (Å²) in [5.74, 6) is 0.128. The summed E-state index contributed by atoms with van der Waals surface area (Å²) in [6.07, 6.45) is -0.961. The van der Waals surface area contributed by atoms with Crippen molar-refractivity contribution in [3.05, 3.63) is 63.0 Å². The fourth-order valence-electron chi connectivity index (χ4n) is 7.68.